The van der Waals surface area contributed by atoms with Crippen LogP contribution in [0.15, 0.2) is 4.52 Å². The molecule has 0 bridgehead atoms. The summed E-state index contributed by atoms with van der Waals surface area (Å²) in [6.45, 7) is 0. The number of carboxylic acids is 1. The van der Waals surface area contributed by atoms with Crippen molar-refractivity contribution in [1.29, 1.82) is 0 Å². The van der Waals surface area contributed by atoms with Crippen LogP contribution in [-0.2, 0) is 17.6 Å². The molecule has 1 N–H and O–H groups in total. The Morgan fingerprint density at radius 1 is 1.47 bits per heavy atom. The molecule has 0 atom stereocenters. The highest BCUT2D eigenvalue weighted by Crippen LogP contribution is 2.21. The maximum absolute atomic E-state index is 11.8. The molecule has 0 aromatic carbocycles. The maximum atomic E-state index is 11.8. The van der Waals surface area contributed by atoms with E-state index in [1.165, 1.54) is 0 Å². The zero-order valence-corrected chi connectivity index (χ0v) is 7.41. The van der Waals surface area contributed by atoms with Crippen LogP contribution in [0.3, 0.4) is 0 Å². The van der Waals surface area contributed by atoms with Gasteiger partial charge >= 0.3 is 12.1 Å². The van der Waals surface area contributed by atoms with Gasteiger partial charge in [0.1, 0.15) is 6.42 Å². The van der Waals surface area contributed by atoms with Crippen LogP contribution in [0.4, 0.5) is 13.2 Å². The molecule has 15 heavy (non-hydrogen) atoms. The highest BCUT2D eigenvalue weighted by Gasteiger charge is 2.27. The van der Waals surface area contributed by atoms with Gasteiger partial charge in [-0.05, 0) is 0 Å². The van der Waals surface area contributed by atoms with E-state index < -0.39 is 31.4 Å². The Labute approximate surface area is 81.9 Å². The Balaban J connectivity index is 2.50. The molecule has 0 saturated heterocycles. The van der Waals surface area contributed by atoms with Crippen molar-refractivity contribution in [3.63, 3.8) is 0 Å². The van der Waals surface area contributed by atoms with Gasteiger partial charge in [-0.25, -0.2) is 0 Å². The molecule has 84 valence electrons. The summed E-state index contributed by atoms with van der Waals surface area (Å²) in [7, 11) is 0. The minimum absolute atomic E-state index is 0.136. The number of aryl methyl sites for hydroxylation is 1. The van der Waals surface area contributed by atoms with E-state index in [2.05, 4.69) is 14.7 Å². The van der Waals surface area contributed by atoms with Crippen LogP contribution in [0, 0.1) is 0 Å². The fourth-order valence-electron chi connectivity index (χ4n) is 0.846. The number of halogens is 3. The lowest BCUT2D eigenvalue weighted by Gasteiger charge is -2.01. The molecule has 0 unspecified atom stereocenters. The van der Waals surface area contributed by atoms with Crippen molar-refractivity contribution in [2.75, 3.05) is 0 Å². The normalized spacial score (nSPS) is 11.7. The number of rotatable bonds is 4. The highest BCUT2D eigenvalue weighted by molar-refractivity contribution is 5.68. The number of aromatic nitrogens is 2. The quantitative estimate of drug-likeness (QED) is 0.831. The van der Waals surface area contributed by atoms with Gasteiger partial charge in [0.15, 0.2) is 5.82 Å². The standard InChI is InChI=1S/C7H7F3N2O3/c8-7(9,10)2-1-4-11-5(15-12-4)3-6(13)14/h1-3H2,(H,13,14). The highest BCUT2D eigenvalue weighted by atomic mass is 19.4. The molecule has 0 saturated carbocycles. The first-order valence-corrected chi connectivity index (χ1v) is 3.97. The van der Waals surface area contributed by atoms with Crippen molar-refractivity contribution in [1.82, 2.24) is 10.1 Å². The minimum Gasteiger partial charge on any atom is -0.481 e. The molecule has 0 aliphatic rings. The third-order valence-electron chi connectivity index (χ3n) is 1.44. The van der Waals surface area contributed by atoms with Crippen LogP contribution in [-0.4, -0.2) is 27.4 Å². The van der Waals surface area contributed by atoms with E-state index in [-0.39, 0.29) is 11.7 Å². The molecule has 1 rings (SSSR count). The second kappa shape index (κ2) is 4.28. The molecule has 0 aliphatic carbocycles. The smallest absolute Gasteiger partial charge is 0.389 e. The second-order valence-electron chi connectivity index (χ2n) is 2.79. The van der Waals surface area contributed by atoms with Gasteiger partial charge in [0.2, 0.25) is 5.89 Å². The number of aliphatic carboxylic acids is 1. The van der Waals surface area contributed by atoms with Crippen molar-refractivity contribution in [3.8, 4) is 0 Å². The summed E-state index contributed by atoms with van der Waals surface area (Å²) in [5, 5.41) is 11.6. The summed E-state index contributed by atoms with van der Waals surface area (Å²) in [5.74, 6) is -1.51. The zero-order chi connectivity index (χ0) is 11.5. The third-order valence-corrected chi connectivity index (χ3v) is 1.44. The third kappa shape index (κ3) is 4.43. The van der Waals surface area contributed by atoms with E-state index in [0.717, 1.165) is 0 Å². The van der Waals surface area contributed by atoms with Crippen molar-refractivity contribution < 1.29 is 27.6 Å². The summed E-state index contributed by atoms with van der Waals surface area (Å²) < 4.78 is 39.8. The molecule has 5 nitrogen and oxygen atoms in total. The van der Waals surface area contributed by atoms with E-state index in [1.54, 1.807) is 0 Å². The SMILES string of the molecule is O=C(O)Cc1nc(CCC(F)(F)F)no1. The minimum atomic E-state index is -4.28. The fraction of sp³-hybridized carbons (Fsp3) is 0.571. The Morgan fingerprint density at radius 2 is 2.13 bits per heavy atom. The van der Waals surface area contributed by atoms with Crippen molar-refractivity contribution in [3.05, 3.63) is 11.7 Å². The lowest BCUT2D eigenvalue weighted by atomic mass is 10.3. The van der Waals surface area contributed by atoms with E-state index in [9.17, 15) is 18.0 Å². The first kappa shape index (κ1) is 11.5. The van der Waals surface area contributed by atoms with Gasteiger partial charge < -0.3 is 9.63 Å². The summed E-state index contributed by atoms with van der Waals surface area (Å²) in [6.07, 6.45) is -6.24. The number of carboxylic acid groups (broad SMARTS) is 1. The van der Waals surface area contributed by atoms with Crippen LogP contribution in [0.1, 0.15) is 18.1 Å². The molecule has 8 heteroatoms. The molecule has 0 fully saturated rings. The Hall–Kier alpha value is -1.60. The summed E-state index contributed by atoms with van der Waals surface area (Å²) >= 11 is 0. The Morgan fingerprint density at radius 3 is 2.67 bits per heavy atom. The average molecular weight is 224 g/mol. The monoisotopic (exact) mass is 224 g/mol. The van der Waals surface area contributed by atoms with Gasteiger partial charge in [-0.15, -0.1) is 0 Å². The molecule has 0 radical (unpaired) electrons. The molecular formula is C7H7F3N2O3. The second-order valence-corrected chi connectivity index (χ2v) is 2.79. The summed E-state index contributed by atoms with van der Waals surface area (Å²) in [6, 6.07) is 0. The predicted molar refractivity (Wildman–Crippen MR) is 40.0 cm³/mol. The largest absolute Gasteiger partial charge is 0.481 e. The van der Waals surface area contributed by atoms with Gasteiger partial charge in [-0.3, -0.25) is 4.79 Å². The molecule has 1 aromatic rings. The van der Waals surface area contributed by atoms with E-state index >= 15 is 0 Å². The lowest BCUT2D eigenvalue weighted by Crippen LogP contribution is -2.09. The summed E-state index contributed by atoms with van der Waals surface area (Å²) in [4.78, 5) is 13.7. The Bertz CT molecular complexity index is 347. The summed E-state index contributed by atoms with van der Waals surface area (Å²) in [5.41, 5.74) is 0. The molecule has 1 aromatic heterocycles. The van der Waals surface area contributed by atoms with Gasteiger partial charge in [0, 0.05) is 6.42 Å². The molecule has 0 amide bonds. The molecule has 0 spiro atoms. The number of alkyl halides is 3. The van der Waals surface area contributed by atoms with Crippen molar-refractivity contribution in [2.24, 2.45) is 0 Å². The number of hydrogen-bond acceptors (Lipinski definition) is 4. The van der Waals surface area contributed by atoms with E-state index in [1.807, 2.05) is 0 Å². The topological polar surface area (TPSA) is 76.2 Å². The van der Waals surface area contributed by atoms with Gasteiger partial charge in [-0.1, -0.05) is 5.16 Å². The predicted octanol–water partition coefficient (Wildman–Crippen LogP) is 1.19. The average Bonchev–Trinajstić information content (AvgIpc) is 2.46. The van der Waals surface area contributed by atoms with Crippen LogP contribution in [0.25, 0.3) is 0 Å². The van der Waals surface area contributed by atoms with Crippen molar-refractivity contribution >= 4 is 5.97 Å². The first-order valence-electron chi connectivity index (χ1n) is 3.97. The Kier molecular flexibility index (Phi) is 3.28. The van der Waals surface area contributed by atoms with Gasteiger partial charge in [-0.2, -0.15) is 18.2 Å². The lowest BCUT2D eigenvalue weighted by molar-refractivity contribution is -0.137. The van der Waals surface area contributed by atoms with Gasteiger partial charge in [0.25, 0.3) is 0 Å². The van der Waals surface area contributed by atoms with Crippen LogP contribution in [0.2, 0.25) is 0 Å². The zero-order valence-electron chi connectivity index (χ0n) is 7.41. The first-order chi connectivity index (χ1) is 6.87. The number of nitrogens with zero attached hydrogens (tertiary/aromatic N) is 2. The van der Waals surface area contributed by atoms with Crippen LogP contribution < -0.4 is 0 Å². The van der Waals surface area contributed by atoms with Crippen molar-refractivity contribution in [2.45, 2.75) is 25.4 Å². The van der Waals surface area contributed by atoms with Crippen LogP contribution in [0.5, 0.6) is 0 Å². The van der Waals surface area contributed by atoms with Gasteiger partial charge in [0.05, 0.1) is 6.42 Å². The van der Waals surface area contributed by atoms with E-state index in [0.29, 0.717) is 0 Å². The maximum Gasteiger partial charge on any atom is 0.389 e. The number of hydrogen-bond donors (Lipinski definition) is 1. The van der Waals surface area contributed by atoms with Crippen LogP contribution >= 0.6 is 0 Å². The fourth-order valence-corrected chi connectivity index (χ4v) is 0.846. The van der Waals surface area contributed by atoms with E-state index in [4.69, 9.17) is 5.11 Å². The molecule has 1 heterocycles. The molecule has 0 aliphatic heterocycles. The number of carbonyl (C=O) groups is 1. The molecular weight excluding hydrogens is 217 g/mol.